The first kappa shape index (κ1) is 11.9. The molecular weight excluding hydrogens is 224 g/mol. The Hall–Kier alpha value is -2.14. The summed E-state index contributed by atoms with van der Waals surface area (Å²) >= 11 is 0. The van der Waals surface area contributed by atoms with Crippen LogP contribution in [0.5, 0.6) is 0 Å². The van der Waals surface area contributed by atoms with Crippen molar-refractivity contribution in [1.82, 2.24) is 4.98 Å². The Bertz CT molecular complexity index is 470. The number of aromatic nitrogens is 1. The monoisotopic (exact) mass is 229 g/mol. The SMILES string of the molecule is N#Cc1nc(C(F)F)c(CO)cc1[N+](=O)[O-]. The molecule has 6 nitrogen and oxygen atoms in total. The second kappa shape index (κ2) is 4.59. The first-order chi connectivity index (χ1) is 7.51. The van der Waals surface area contributed by atoms with Gasteiger partial charge in [0.25, 0.3) is 6.43 Å². The summed E-state index contributed by atoms with van der Waals surface area (Å²) in [6.45, 7) is -0.806. The molecule has 0 aliphatic carbocycles. The molecule has 0 atom stereocenters. The minimum absolute atomic E-state index is 0.360. The van der Waals surface area contributed by atoms with E-state index >= 15 is 0 Å². The Morgan fingerprint density at radius 2 is 2.31 bits per heavy atom. The van der Waals surface area contributed by atoms with Crippen molar-refractivity contribution in [3.63, 3.8) is 0 Å². The molecule has 0 bridgehead atoms. The topological polar surface area (TPSA) is 100 Å². The zero-order valence-corrected chi connectivity index (χ0v) is 7.72. The lowest BCUT2D eigenvalue weighted by Crippen LogP contribution is -2.04. The first-order valence-electron chi connectivity index (χ1n) is 3.98. The van der Waals surface area contributed by atoms with Crippen molar-refractivity contribution < 1.29 is 18.8 Å². The summed E-state index contributed by atoms with van der Waals surface area (Å²) in [4.78, 5) is 12.7. The maximum atomic E-state index is 12.4. The van der Waals surface area contributed by atoms with E-state index in [9.17, 15) is 18.9 Å². The molecule has 84 valence electrons. The van der Waals surface area contributed by atoms with Crippen LogP contribution < -0.4 is 0 Å². The van der Waals surface area contributed by atoms with Gasteiger partial charge in [0.1, 0.15) is 11.8 Å². The molecule has 0 aliphatic rings. The minimum atomic E-state index is -3.00. The molecule has 0 amide bonds. The van der Waals surface area contributed by atoms with Crippen molar-refractivity contribution in [2.24, 2.45) is 0 Å². The van der Waals surface area contributed by atoms with Gasteiger partial charge in [-0.25, -0.2) is 13.8 Å². The van der Waals surface area contributed by atoms with Crippen LogP contribution in [0.3, 0.4) is 0 Å². The van der Waals surface area contributed by atoms with E-state index < -0.39 is 35.0 Å². The van der Waals surface area contributed by atoms with Gasteiger partial charge in [-0.05, 0) is 0 Å². The van der Waals surface area contributed by atoms with Crippen LogP contribution in [0.15, 0.2) is 6.07 Å². The molecule has 0 saturated heterocycles. The number of rotatable bonds is 3. The lowest BCUT2D eigenvalue weighted by atomic mass is 10.1. The minimum Gasteiger partial charge on any atom is -0.392 e. The zero-order valence-electron chi connectivity index (χ0n) is 7.72. The van der Waals surface area contributed by atoms with E-state index in [0.29, 0.717) is 0 Å². The van der Waals surface area contributed by atoms with Crippen molar-refractivity contribution >= 4 is 5.69 Å². The van der Waals surface area contributed by atoms with E-state index in [1.165, 1.54) is 6.07 Å². The smallest absolute Gasteiger partial charge is 0.306 e. The molecule has 1 heterocycles. The highest BCUT2D eigenvalue weighted by atomic mass is 19.3. The van der Waals surface area contributed by atoms with Gasteiger partial charge in [-0.3, -0.25) is 10.1 Å². The molecule has 16 heavy (non-hydrogen) atoms. The predicted octanol–water partition coefficient (Wildman–Crippen LogP) is 1.29. The fourth-order valence-corrected chi connectivity index (χ4v) is 1.09. The van der Waals surface area contributed by atoms with Gasteiger partial charge >= 0.3 is 5.69 Å². The van der Waals surface area contributed by atoms with Crippen molar-refractivity contribution in [1.29, 1.82) is 5.26 Å². The van der Waals surface area contributed by atoms with Crippen molar-refractivity contribution in [2.75, 3.05) is 0 Å². The molecule has 0 radical (unpaired) electrons. The van der Waals surface area contributed by atoms with E-state index in [4.69, 9.17) is 10.4 Å². The second-order valence-electron chi connectivity index (χ2n) is 2.73. The molecule has 1 rings (SSSR count). The van der Waals surface area contributed by atoms with Gasteiger partial charge in [0.15, 0.2) is 0 Å². The Morgan fingerprint density at radius 3 is 2.69 bits per heavy atom. The standard InChI is InChI=1S/C8H5F2N3O3/c9-8(10)7-4(3-14)1-6(13(15)16)5(2-11)12-7/h1,8,14H,3H2. The number of nitrogens with zero attached hydrogens (tertiary/aromatic N) is 3. The molecule has 1 aromatic heterocycles. The third-order valence-corrected chi connectivity index (χ3v) is 1.79. The Kier molecular flexibility index (Phi) is 3.42. The maximum absolute atomic E-state index is 12.4. The van der Waals surface area contributed by atoms with E-state index in [1.807, 2.05) is 0 Å². The molecular formula is C8H5F2N3O3. The summed E-state index contributed by atoms with van der Waals surface area (Å²) < 4.78 is 24.8. The fraction of sp³-hybridized carbons (Fsp3) is 0.250. The van der Waals surface area contributed by atoms with Gasteiger partial charge in [0.2, 0.25) is 5.69 Å². The number of hydrogen-bond acceptors (Lipinski definition) is 5. The van der Waals surface area contributed by atoms with Crippen molar-refractivity contribution in [3.8, 4) is 6.07 Å². The largest absolute Gasteiger partial charge is 0.392 e. The summed E-state index contributed by atoms with van der Waals surface area (Å²) in [5.41, 5.74) is -2.57. The average molecular weight is 229 g/mol. The Balaban J connectivity index is 3.48. The van der Waals surface area contributed by atoms with E-state index in [0.717, 1.165) is 6.07 Å². The van der Waals surface area contributed by atoms with Crippen LogP contribution in [0.1, 0.15) is 23.4 Å². The van der Waals surface area contributed by atoms with Gasteiger partial charge in [-0.1, -0.05) is 0 Å². The highest BCUT2D eigenvalue weighted by Crippen LogP contribution is 2.26. The molecule has 0 spiro atoms. The molecule has 0 fully saturated rings. The lowest BCUT2D eigenvalue weighted by molar-refractivity contribution is -0.385. The molecule has 0 aromatic carbocycles. The van der Waals surface area contributed by atoms with Crippen molar-refractivity contribution in [2.45, 2.75) is 13.0 Å². The number of aliphatic hydroxyl groups excluding tert-OH is 1. The van der Waals surface area contributed by atoms with E-state index in [1.54, 1.807) is 0 Å². The maximum Gasteiger partial charge on any atom is 0.306 e. The fourth-order valence-electron chi connectivity index (χ4n) is 1.09. The van der Waals surface area contributed by atoms with Gasteiger partial charge in [-0.15, -0.1) is 0 Å². The third-order valence-electron chi connectivity index (χ3n) is 1.79. The number of hydrogen-bond donors (Lipinski definition) is 1. The van der Waals surface area contributed by atoms with Gasteiger partial charge in [-0.2, -0.15) is 5.26 Å². The quantitative estimate of drug-likeness (QED) is 0.621. The summed E-state index contributed by atoms with van der Waals surface area (Å²) in [5, 5.41) is 27.7. The highest BCUT2D eigenvalue weighted by molar-refractivity contribution is 5.47. The molecule has 0 saturated carbocycles. The van der Waals surface area contributed by atoms with Gasteiger partial charge < -0.3 is 5.11 Å². The normalized spacial score (nSPS) is 10.2. The molecule has 1 aromatic rings. The first-order valence-corrected chi connectivity index (χ1v) is 3.98. The van der Waals surface area contributed by atoms with Gasteiger partial charge in [0.05, 0.1) is 11.5 Å². The lowest BCUT2D eigenvalue weighted by Gasteiger charge is -2.05. The van der Waals surface area contributed by atoms with Crippen LogP contribution in [0.4, 0.5) is 14.5 Å². The van der Waals surface area contributed by atoms with E-state index in [-0.39, 0.29) is 5.56 Å². The van der Waals surface area contributed by atoms with Crippen molar-refractivity contribution in [3.05, 3.63) is 33.1 Å². The van der Waals surface area contributed by atoms with Crippen LogP contribution in [-0.2, 0) is 6.61 Å². The number of halogens is 2. The Labute approximate surface area is 87.9 Å². The van der Waals surface area contributed by atoms with Gasteiger partial charge in [0, 0.05) is 11.6 Å². The number of aliphatic hydroxyl groups is 1. The van der Waals surface area contributed by atoms with Crippen LogP contribution in [-0.4, -0.2) is 15.0 Å². The number of alkyl halides is 2. The van der Waals surface area contributed by atoms with E-state index in [2.05, 4.69) is 4.98 Å². The highest BCUT2D eigenvalue weighted by Gasteiger charge is 2.23. The third kappa shape index (κ3) is 2.09. The summed E-state index contributed by atoms with van der Waals surface area (Å²) in [6.07, 6.45) is -3.00. The average Bonchev–Trinajstić information content (AvgIpc) is 2.26. The summed E-state index contributed by atoms with van der Waals surface area (Å²) in [5.74, 6) is 0. The van der Waals surface area contributed by atoms with Crippen LogP contribution >= 0.6 is 0 Å². The molecule has 1 N–H and O–H groups in total. The number of pyridine rings is 1. The number of nitro groups is 1. The molecule has 0 aliphatic heterocycles. The van der Waals surface area contributed by atoms with Crippen LogP contribution in [0.2, 0.25) is 0 Å². The Morgan fingerprint density at radius 1 is 1.69 bits per heavy atom. The second-order valence-corrected chi connectivity index (χ2v) is 2.73. The molecule has 8 heteroatoms. The summed E-state index contributed by atoms with van der Waals surface area (Å²) in [6, 6.07) is 2.08. The summed E-state index contributed by atoms with van der Waals surface area (Å²) in [7, 11) is 0. The van der Waals surface area contributed by atoms with Crippen LogP contribution in [0, 0.1) is 21.4 Å². The molecule has 0 unspecified atom stereocenters. The van der Waals surface area contributed by atoms with Crippen LogP contribution in [0.25, 0.3) is 0 Å². The zero-order chi connectivity index (χ0) is 12.3. The number of nitriles is 1. The predicted molar refractivity (Wildman–Crippen MR) is 46.5 cm³/mol.